The van der Waals surface area contributed by atoms with Crippen LogP contribution in [-0.4, -0.2) is 12.3 Å². The first-order chi connectivity index (χ1) is 13.8. The summed E-state index contributed by atoms with van der Waals surface area (Å²) in [6, 6.07) is 10.3. The van der Waals surface area contributed by atoms with Gasteiger partial charge in [0.25, 0.3) is 0 Å². The van der Waals surface area contributed by atoms with E-state index in [0.717, 1.165) is 19.4 Å². The average Bonchev–Trinajstić information content (AvgIpc) is 2.71. The molecule has 28 heavy (non-hydrogen) atoms. The molecule has 1 aromatic carbocycles. The first kappa shape index (κ1) is 24.9. The lowest BCUT2D eigenvalue weighted by atomic mass is 10.0. The smallest absolute Gasteiger partial charge is 0.146 e. The number of carbonyl (C=O) groups is 1. The zero-order valence-corrected chi connectivity index (χ0v) is 18.5. The van der Waals surface area contributed by atoms with Crippen LogP contribution >= 0.6 is 0 Å². The van der Waals surface area contributed by atoms with Gasteiger partial charge in [-0.25, -0.2) is 0 Å². The molecule has 0 amide bonds. The molecule has 0 saturated carbocycles. The Balaban J connectivity index is 1.76. The van der Waals surface area contributed by atoms with E-state index in [2.05, 4.69) is 24.4 Å². The third-order valence-corrected chi connectivity index (χ3v) is 5.55. The highest BCUT2D eigenvalue weighted by atomic mass is 16.1. The SMILES string of the molecule is CCCCCCCCCCCCCCCCCC(=O)CNCc1ccccc1. The molecule has 0 spiro atoms. The number of unbranched alkanes of at least 4 members (excludes halogenated alkanes) is 14. The molecular formula is C26H45NO. The van der Waals surface area contributed by atoms with E-state index in [1.165, 1.54) is 95.5 Å². The van der Waals surface area contributed by atoms with E-state index in [4.69, 9.17) is 0 Å². The Morgan fingerprint density at radius 2 is 1.14 bits per heavy atom. The summed E-state index contributed by atoms with van der Waals surface area (Å²) in [5.41, 5.74) is 1.24. The van der Waals surface area contributed by atoms with Gasteiger partial charge in [-0.15, -0.1) is 0 Å². The standard InChI is InChI=1S/C26H45NO/c1-2-3-4-5-6-7-8-9-10-11-12-13-14-15-19-22-26(28)24-27-23-25-20-17-16-18-21-25/h16-18,20-21,27H,2-15,19,22-24H2,1H3. The molecule has 0 unspecified atom stereocenters. The maximum Gasteiger partial charge on any atom is 0.146 e. The van der Waals surface area contributed by atoms with E-state index < -0.39 is 0 Å². The molecule has 2 nitrogen and oxygen atoms in total. The molecule has 1 N–H and O–H groups in total. The second-order valence-corrected chi connectivity index (χ2v) is 8.33. The van der Waals surface area contributed by atoms with Gasteiger partial charge in [0.15, 0.2) is 0 Å². The Labute approximate surface area is 174 Å². The van der Waals surface area contributed by atoms with Crippen LogP contribution in [0, 0.1) is 0 Å². The monoisotopic (exact) mass is 387 g/mol. The molecule has 2 heteroatoms. The van der Waals surface area contributed by atoms with Crippen molar-refractivity contribution in [2.75, 3.05) is 6.54 Å². The van der Waals surface area contributed by atoms with Crippen molar-refractivity contribution in [3.63, 3.8) is 0 Å². The van der Waals surface area contributed by atoms with Gasteiger partial charge in [-0.3, -0.25) is 4.79 Å². The number of rotatable bonds is 20. The Morgan fingerprint density at radius 3 is 1.64 bits per heavy atom. The lowest BCUT2D eigenvalue weighted by Crippen LogP contribution is -2.22. The number of nitrogens with one attached hydrogen (secondary N) is 1. The van der Waals surface area contributed by atoms with Crippen molar-refractivity contribution in [2.45, 2.75) is 116 Å². The molecule has 0 saturated heterocycles. The highest BCUT2D eigenvalue weighted by Crippen LogP contribution is 2.13. The van der Waals surface area contributed by atoms with Gasteiger partial charge in [-0.1, -0.05) is 127 Å². The molecule has 0 atom stereocenters. The highest BCUT2D eigenvalue weighted by molar-refractivity contribution is 5.80. The summed E-state index contributed by atoms with van der Waals surface area (Å²) in [6.07, 6.45) is 21.2. The largest absolute Gasteiger partial charge is 0.306 e. The molecular weight excluding hydrogens is 342 g/mol. The summed E-state index contributed by atoms with van der Waals surface area (Å²) in [4.78, 5) is 11.9. The van der Waals surface area contributed by atoms with Gasteiger partial charge >= 0.3 is 0 Å². The zero-order valence-electron chi connectivity index (χ0n) is 18.5. The van der Waals surface area contributed by atoms with Gasteiger partial charge in [0.2, 0.25) is 0 Å². The van der Waals surface area contributed by atoms with Crippen LogP contribution in [0.2, 0.25) is 0 Å². The van der Waals surface area contributed by atoms with E-state index in [-0.39, 0.29) is 0 Å². The van der Waals surface area contributed by atoms with Crippen LogP contribution in [0.4, 0.5) is 0 Å². The van der Waals surface area contributed by atoms with Gasteiger partial charge in [0, 0.05) is 13.0 Å². The van der Waals surface area contributed by atoms with Crippen LogP contribution in [0.25, 0.3) is 0 Å². The summed E-state index contributed by atoms with van der Waals surface area (Å²) < 4.78 is 0. The highest BCUT2D eigenvalue weighted by Gasteiger charge is 2.01. The molecule has 0 aliphatic rings. The van der Waals surface area contributed by atoms with Gasteiger partial charge in [0.05, 0.1) is 6.54 Å². The Hall–Kier alpha value is -1.15. The zero-order chi connectivity index (χ0) is 20.1. The predicted octanol–water partition coefficient (Wildman–Crippen LogP) is 7.61. The summed E-state index contributed by atoms with van der Waals surface area (Å²) in [5.74, 6) is 0.352. The fourth-order valence-corrected chi connectivity index (χ4v) is 3.72. The molecule has 0 aliphatic carbocycles. The number of hydrogen-bond donors (Lipinski definition) is 1. The predicted molar refractivity (Wildman–Crippen MR) is 123 cm³/mol. The molecule has 0 fully saturated rings. The van der Waals surface area contributed by atoms with Crippen LogP contribution in [0.5, 0.6) is 0 Å². The topological polar surface area (TPSA) is 29.1 Å². The molecule has 160 valence electrons. The molecule has 0 radical (unpaired) electrons. The van der Waals surface area contributed by atoms with Crippen molar-refractivity contribution in [3.8, 4) is 0 Å². The lowest BCUT2D eigenvalue weighted by molar-refractivity contribution is -0.118. The Bertz CT molecular complexity index is 457. The third-order valence-electron chi connectivity index (χ3n) is 5.55. The van der Waals surface area contributed by atoms with Crippen molar-refractivity contribution in [1.82, 2.24) is 5.32 Å². The van der Waals surface area contributed by atoms with E-state index in [1.54, 1.807) is 0 Å². The molecule has 1 aromatic rings. The van der Waals surface area contributed by atoms with E-state index >= 15 is 0 Å². The maximum atomic E-state index is 11.9. The number of carbonyl (C=O) groups excluding carboxylic acids is 1. The Kier molecular flexibility index (Phi) is 17.0. The fraction of sp³-hybridized carbons (Fsp3) is 0.731. The molecule has 0 bridgehead atoms. The first-order valence-corrected chi connectivity index (χ1v) is 12.1. The van der Waals surface area contributed by atoms with Crippen LogP contribution < -0.4 is 5.32 Å². The number of Topliss-reactive ketones (excluding diaryl/α,β-unsaturated/α-hetero) is 1. The third kappa shape index (κ3) is 15.9. The summed E-state index contributed by atoms with van der Waals surface area (Å²) in [6.45, 7) is 3.57. The van der Waals surface area contributed by atoms with Crippen molar-refractivity contribution in [3.05, 3.63) is 35.9 Å². The van der Waals surface area contributed by atoms with Crippen molar-refractivity contribution < 1.29 is 4.79 Å². The molecule has 0 aliphatic heterocycles. The maximum absolute atomic E-state index is 11.9. The van der Waals surface area contributed by atoms with E-state index in [0.29, 0.717) is 12.3 Å². The molecule has 1 rings (SSSR count). The summed E-state index contributed by atoms with van der Waals surface area (Å²) >= 11 is 0. The van der Waals surface area contributed by atoms with Crippen LogP contribution in [0.15, 0.2) is 30.3 Å². The minimum atomic E-state index is 0.352. The van der Waals surface area contributed by atoms with Gasteiger partial charge in [0.1, 0.15) is 5.78 Å². The van der Waals surface area contributed by atoms with Crippen LogP contribution in [0.1, 0.15) is 115 Å². The van der Waals surface area contributed by atoms with Gasteiger partial charge in [-0.2, -0.15) is 0 Å². The summed E-state index contributed by atoms with van der Waals surface area (Å²) in [5, 5.41) is 3.25. The number of ketones is 1. The minimum absolute atomic E-state index is 0.352. The van der Waals surface area contributed by atoms with Crippen molar-refractivity contribution in [1.29, 1.82) is 0 Å². The fourth-order valence-electron chi connectivity index (χ4n) is 3.72. The normalized spacial score (nSPS) is 11.0. The van der Waals surface area contributed by atoms with Gasteiger partial charge in [-0.05, 0) is 12.0 Å². The van der Waals surface area contributed by atoms with Crippen LogP contribution in [0.3, 0.4) is 0 Å². The van der Waals surface area contributed by atoms with Crippen molar-refractivity contribution in [2.24, 2.45) is 0 Å². The quantitative estimate of drug-likeness (QED) is 0.233. The van der Waals surface area contributed by atoms with E-state index in [9.17, 15) is 4.79 Å². The minimum Gasteiger partial charge on any atom is -0.306 e. The Morgan fingerprint density at radius 1 is 0.679 bits per heavy atom. The first-order valence-electron chi connectivity index (χ1n) is 12.1. The molecule has 0 heterocycles. The van der Waals surface area contributed by atoms with Crippen molar-refractivity contribution >= 4 is 5.78 Å². The second-order valence-electron chi connectivity index (χ2n) is 8.33. The second kappa shape index (κ2) is 19.2. The number of hydrogen-bond acceptors (Lipinski definition) is 2. The summed E-state index contributed by atoms with van der Waals surface area (Å²) in [7, 11) is 0. The van der Waals surface area contributed by atoms with Gasteiger partial charge < -0.3 is 5.32 Å². The van der Waals surface area contributed by atoms with Crippen LogP contribution in [-0.2, 0) is 11.3 Å². The lowest BCUT2D eigenvalue weighted by Gasteiger charge is -2.05. The number of benzene rings is 1. The molecule has 0 aromatic heterocycles. The average molecular weight is 388 g/mol. The van der Waals surface area contributed by atoms with E-state index in [1.807, 2.05) is 18.2 Å².